The van der Waals surface area contributed by atoms with Crippen LogP contribution in [0.15, 0.2) is 66.2 Å². The number of hydrogen-bond acceptors (Lipinski definition) is 4. The highest BCUT2D eigenvalue weighted by Crippen LogP contribution is 2.44. The third-order valence-electron chi connectivity index (χ3n) is 6.75. The van der Waals surface area contributed by atoms with Gasteiger partial charge in [0.25, 0.3) is 8.32 Å². The molecule has 0 N–H and O–H groups in total. The number of carbonyl (C=O) groups excluding carboxylic acids is 1. The van der Waals surface area contributed by atoms with Crippen molar-refractivity contribution in [1.29, 1.82) is 0 Å². The van der Waals surface area contributed by atoms with Gasteiger partial charge in [0.05, 0.1) is 13.2 Å². The largest absolute Gasteiger partial charge is 0.543 e. The van der Waals surface area contributed by atoms with E-state index in [4.69, 9.17) is 13.9 Å². The molecule has 1 aliphatic rings. The minimum absolute atomic E-state index is 0.0427. The molecule has 1 aliphatic heterocycles. The molecule has 0 fully saturated rings. The van der Waals surface area contributed by atoms with Gasteiger partial charge in [-0.3, -0.25) is 4.79 Å². The average molecular weight is 439 g/mol. The van der Waals surface area contributed by atoms with Crippen molar-refractivity contribution in [3.05, 3.63) is 77.4 Å². The number of carbonyl (C=O) groups is 1. The van der Waals surface area contributed by atoms with Crippen LogP contribution >= 0.6 is 0 Å². The number of benzene rings is 2. The molecule has 0 radical (unpaired) electrons. The molecule has 31 heavy (non-hydrogen) atoms. The van der Waals surface area contributed by atoms with Gasteiger partial charge in [-0.05, 0) is 47.8 Å². The van der Waals surface area contributed by atoms with Crippen LogP contribution in [0, 0.1) is 5.92 Å². The second kappa shape index (κ2) is 9.51. The quantitative estimate of drug-likeness (QED) is 0.336. The molecule has 2 aromatic rings. The summed E-state index contributed by atoms with van der Waals surface area (Å²) in [6.45, 7) is 14.2. The van der Waals surface area contributed by atoms with Crippen molar-refractivity contribution in [3.8, 4) is 5.75 Å². The molecule has 2 aromatic carbocycles. The van der Waals surface area contributed by atoms with Crippen LogP contribution in [-0.2, 0) is 16.1 Å². The second-order valence-electron chi connectivity index (χ2n) is 9.51. The second-order valence-corrected chi connectivity index (χ2v) is 14.0. The number of hydrogen-bond donors (Lipinski definition) is 0. The van der Waals surface area contributed by atoms with Gasteiger partial charge < -0.3 is 13.9 Å². The maximum absolute atomic E-state index is 13.0. The third kappa shape index (κ3) is 5.53. The van der Waals surface area contributed by atoms with Crippen molar-refractivity contribution in [2.24, 2.45) is 5.92 Å². The molecule has 166 valence electrons. The lowest BCUT2D eigenvalue weighted by atomic mass is 9.99. The Morgan fingerprint density at radius 2 is 1.84 bits per heavy atom. The topological polar surface area (TPSA) is 44.8 Å². The molecule has 1 atom stereocenters. The van der Waals surface area contributed by atoms with Gasteiger partial charge in [0.1, 0.15) is 5.75 Å². The van der Waals surface area contributed by atoms with Gasteiger partial charge in [0.15, 0.2) is 12.1 Å². The predicted molar refractivity (Wildman–Crippen MR) is 127 cm³/mol. The zero-order valence-corrected chi connectivity index (χ0v) is 20.5. The molecule has 4 nitrogen and oxygen atoms in total. The van der Waals surface area contributed by atoms with Crippen LogP contribution in [0.1, 0.15) is 43.6 Å². The molecule has 0 saturated carbocycles. The zero-order chi connectivity index (χ0) is 22.6. The van der Waals surface area contributed by atoms with E-state index in [0.717, 1.165) is 11.3 Å². The zero-order valence-electron chi connectivity index (χ0n) is 19.5. The van der Waals surface area contributed by atoms with Crippen LogP contribution in [0.5, 0.6) is 5.75 Å². The Morgan fingerprint density at radius 1 is 1.13 bits per heavy atom. The number of ether oxygens (including phenoxy) is 2. The summed E-state index contributed by atoms with van der Waals surface area (Å²) in [5.74, 6) is 1.22. The highest BCUT2D eigenvalue weighted by molar-refractivity contribution is 6.75. The van der Waals surface area contributed by atoms with Gasteiger partial charge >= 0.3 is 0 Å². The van der Waals surface area contributed by atoms with Gasteiger partial charge in [-0.2, -0.15) is 0 Å². The Morgan fingerprint density at radius 3 is 2.52 bits per heavy atom. The van der Waals surface area contributed by atoms with E-state index < -0.39 is 14.6 Å². The van der Waals surface area contributed by atoms with Crippen LogP contribution < -0.4 is 4.43 Å². The Labute approximate surface area is 187 Å². The number of rotatable bonds is 9. The summed E-state index contributed by atoms with van der Waals surface area (Å²) in [5.41, 5.74) is 2.30. The monoisotopic (exact) mass is 438 g/mol. The third-order valence-corrected chi connectivity index (χ3v) is 11.2. The smallest absolute Gasteiger partial charge is 0.251 e. The SMILES string of the molecule is CC(C)C(C)(C)[Si](C)(C)Oc1cccc(C(=O)C2=CC(OCc3ccccc3)OC2)c1. The van der Waals surface area contributed by atoms with E-state index in [1.54, 1.807) is 6.08 Å². The van der Waals surface area contributed by atoms with Crippen LogP contribution in [0.4, 0.5) is 0 Å². The number of ketones is 1. The van der Waals surface area contributed by atoms with Crippen LogP contribution in [0.3, 0.4) is 0 Å². The molecule has 1 heterocycles. The van der Waals surface area contributed by atoms with Crippen LogP contribution in [0.25, 0.3) is 0 Å². The van der Waals surface area contributed by atoms with E-state index in [1.807, 2.05) is 54.6 Å². The van der Waals surface area contributed by atoms with E-state index in [9.17, 15) is 4.79 Å². The first-order valence-electron chi connectivity index (χ1n) is 10.9. The fourth-order valence-electron chi connectivity index (χ4n) is 3.43. The van der Waals surface area contributed by atoms with Gasteiger partial charge in [0.2, 0.25) is 0 Å². The first-order valence-corrected chi connectivity index (χ1v) is 13.8. The van der Waals surface area contributed by atoms with Crippen molar-refractivity contribution in [1.82, 2.24) is 0 Å². The van der Waals surface area contributed by atoms with E-state index in [2.05, 4.69) is 40.8 Å². The standard InChI is InChI=1S/C26H34O4Si/c1-19(2)26(3,4)31(5,6)30-23-14-10-13-21(15-23)25(27)22-16-24(29-18-22)28-17-20-11-8-7-9-12-20/h7-16,19,24H,17-18H2,1-6H3. The van der Waals surface area contributed by atoms with Crippen LogP contribution in [0.2, 0.25) is 18.1 Å². The fraction of sp³-hybridized carbons (Fsp3) is 0.423. The Balaban J connectivity index is 1.67. The molecule has 0 saturated heterocycles. The van der Waals surface area contributed by atoms with Crippen molar-refractivity contribution >= 4 is 14.1 Å². The molecule has 0 bridgehead atoms. The lowest BCUT2D eigenvalue weighted by Gasteiger charge is -2.42. The minimum Gasteiger partial charge on any atom is -0.543 e. The first-order chi connectivity index (χ1) is 14.6. The summed E-state index contributed by atoms with van der Waals surface area (Å²) in [4.78, 5) is 13.0. The molecule has 0 amide bonds. The molecule has 3 rings (SSSR count). The maximum atomic E-state index is 13.0. The Kier molecular flexibility index (Phi) is 7.19. The van der Waals surface area contributed by atoms with Crippen molar-refractivity contribution in [3.63, 3.8) is 0 Å². The number of Topliss-reactive ketones (excluding diaryl/α,β-unsaturated/α-hetero) is 1. The van der Waals surface area contributed by atoms with Gasteiger partial charge in [-0.1, -0.05) is 70.2 Å². The minimum atomic E-state index is -2.05. The summed E-state index contributed by atoms with van der Waals surface area (Å²) in [6, 6.07) is 17.4. The average Bonchev–Trinajstić information content (AvgIpc) is 3.21. The first kappa shape index (κ1) is 23.5. The molecule has 0 aromatic heterocycles. The van der Waals surface area contributed by atoms with Crippen molar-refractivity contribution in [2.45, 2.75) is 58.7 Å². The summed E-state index contributed by atoms with van der Waals surface area (Å²) in [6.07, 6.45) is 1.27. The molecule has 1 unspecified atom stereocenters. The van der Waals surface area contributed by atoms with E-state index >= 15 is 0 Å². The van der Waals surface area contributed by atoms with Gasteiger partial charge in [0, 0.05) is 11.1 Å². The van der Waals surface area contributed by atoms with Crippen molar-refractivity contribution in [2.75, 3.05) is 6.61 Å². The van der Waals surface area contributed by atoms with Gasteiger partial charge in [-0.15, -0.1) is 0 Å². The van der Waals surface area contributed by atoms with Crippen LogP contribution in [-0.4, -0.2) is 27.0 Å². The molecular weight excluding hydrogens is 404 g/mol. The lowest BCUT2D eigenvalue weighted by Crippen LogP contribution is -2.47. The molecular formula is C26H34O4Si. The fourth-order valence-corrected chi connectivity index (χ4v) is 5.80. The van der Waals surface area contributed by atoms with Gasteiger partial charge in [-0.25, -0.2) is 0 Å². The summed E-state index contributed by atoms with van der Waals surface area (Å²) in [7, 11) is -2.05. The highest BCUT2D eigenvalue weighted by Gasteiger charge is 2.44. The van der Waals surface area contributed by atoms with E-state index in [-0.39, 0.29) is 17.4 Å². The Hall–Kier alpha value is -2.21. The summed E-state index contributed by atoms with van der Waals surface area (Å²) < 4.78 is 17.9. The molecule has 5 heteroatoms. The van der Waals surface area contributed by atoms with E-state index in [0.29, 0.717) is 23.7 Å². The summed E-state index contributed by atoms with van der Waals surface area (Å²) in [5, 5.41) is 0.0954. The van der Waals surface area contributed by atoms with Crippen molar-refractivity contribution < 1.29 is 18.7 Å². The maximum Gasteiger partial charge on any atom is 0.251 e. The van der Waals surface area contributed by atoms with E-state index in [1.165, 1.54) is 0 Å². The molecule has 0 aliphatic carbocycles. The highest BCUT2D eigenvalue weighted by atomic mass is 28.4. The molecule has 0 spiro atoms. The Bertz CT molecular complexity index is 931. The normalized spacial score (nSPS) is 17.0. The lowest BCUT2D eigenvalue weighted by molar-refractivity contribution is -0.0999. The predicted octanol–water partition coefficient (Wildman–Crippen LogP) is 6.39. The summed E-state index contributed by atoms with van der Waals surface area (Å²) >= 11 is 0.